The molecule has 1 fully saturated rings. The first-order chi connectivity index (χ1) is 10.6. The Morgan fingerprint density at radius 1 is 1.23 bits per heavy atom. The lowest BCUT2D eigenvalue weighted by atomic mass is 9.94. The molecule has 0 bridgehead atoms. The zero-order chi connectivity index (χ0) is 15.9. The van der Waals surface area contributed by atoms with Crippen LogP contribution in [0.5, 0.6) is 0 Å². The van der Waals surface area contributed by atoms with E-state index in [1.807, 2.05) is 12.1 Å². The zero-order valence-corrected chi connectivity index (χ0v) is 14.3. The molecule has 0 radical (unpaired) electrons. The van der Waals surface area contributed by atoms with Gasteiger partial charge in [0.05, 0.1) is 0 Å². The van der Waals surface area contributed by atoms with Gasteiger partial charge in [0.2, 0.25) is 5.91 Å². The molecule has 1 saturated carbocycles. The maximum Gasteiger partial charge on any atom is 0.224 e. The fourth-order valence-electron chi connectivity index (χ4n) is 3.27. The lowest BCUT2D eigenvalue weighted by Crippen LogP contribution is -2.33. The normalized spacial score (nSPS) is 16.2. The van der Waals surface area contributed by atoms with Crippen molar-refractivity contribution >= 4 is 11.6 Å². The van der Waals surface area contributed by atoms with Crippen molar-refractivity contribution in [3.8, 4) is 0 Å². The molecule has 0 heterocycles. The topological polar surface area (TPSA) is 32.3 Å². The fraction of sp³-hybridized carbons (Fsp3) is 0.632. The highest BCUT2D eigenvalue weighted by atomic mass is 16.1. The average Bonchev–Trinajstić information content (AvgIpc) is 2.49. The van der Waals surface area contributed by atoms with Crippen molar-refractivity contribution in [1.82, 2.24) is 4.90 Å². The van der Waals surface area contributed by atoms with Crippen molar-refractivity contribution in [2.24, 2.45) is 5.92 Å². The first-order valence-corrected chi connectivity index (χ1v) is 8.64. The molecule has 0 aliphatic heterocycles. The summed E-state index contributed by atoms with van der Waals surface area (Å²) in [6, 6.07) is 8.89. The average molecular weight is 302 g/mol. The second kappa shape index (κ2) is 8.33. The molecule has 122 valence electrons. The van der Waals surface area contributed by atoms with Gasteiger partial charge in [0.15, 0.2) is 0 Å². The standard InChI is InChI=1S/C19H30N2O/c1-15(2)13-19(22)20-18-12-8-7-9-16(18)14-21(3)17-10-5-4-6-11-17/h7-9,12,15,17H,4-6,10-11,13-14H2,1-3H3,(H,20,22). The molecule has 1 aliphatic carbocycles. The maximum atomic E-state index is 12.0. The number of carbonyl (C=O) groups excluding carboxylic acids is 1. The molecule has 0 saturated heterocycles. The van der Waals surface area contributed by atoms with Crippen LogP contribution in [0.1, 0.15) is 57.9 Å². The summed E-state index contributed by atoms with van der Waals surface area (Å²) in [5.41, 5.74) is 2.18. The SMILES string of the molecule is CC(C)CC(=O)Nc1ccccc1CN(C)C1CCCCC1. The minimum atomic E-state index is 0.114. The van der Waals surface area contributed by atoms with E-state index in [0.717, 1.165) is 12.2 Å². The lowest BCUT2D eigenvalue weighted by Gasteiger charge is -2.31. The van der Waals surface area contributed by atoms with E-state index in [1.54, 1.807) is 0 Å². The fourth-order valence-corrected chi connectivity index (χ4v) is 3.27. The number of carbonyl (C=O) groups is 1. The van der Waals surface area contributed by atoms with Gasteiger partial charge in [-0.3, -0.25) is 9.69 Å². The smallest absolute Gasteiger partial charge is 0.224 e. The highest BCUT2D eigenvalue weighted by Gasteiger charge is 2.19. The number of hydrogen-bond donors (Lipinski definition) is 1. The van der Waals surface area contributed by atoms with Gasteiger partial charge in [-0.15, -0.1) is 0 Å². The number of para-hydroxylation sites is 1. The summed E-state index contributed by atoms with van der Waals surface area (Å²) >= 11 is 0. The third-order valence-electron chi connectivity index (χ3n) is 4.50. The third kappa shape index (κ3) is 5.13. The van der Waals surface area contributed by atoms with Gasteiger partial charge in [0.25, 0.3) is 0 Å². The predicted molar refractivity (Wildman–Crippen MR) is 92.9 cm³/mol. The highest BCUT2D eigenvalue weighted by Crippen LogP contribution is 2.25. The Balaban J connectivity index is 1.99. The van der Waals surface area contributed by atoms with Crippen LogP contribution in [0, 0.1) is 5.92 Å². The van der Waals surface area contributed by atoms with Crippen LogP contribution in [0.15, 0.2) is 24.3 Å². The van der Waals surface area contributed by atoms with Crippen molar-refractivity contribution in [2.45, 2.75) is 65.0 Å². The first-order valence-electron chi connectivity index (χ1n) is 8.64. The van der Waals surface area contributed by atoms with Gasteiger partial charge in [-0.25, -0.2) is 0 Å². The number of anilines is 1. The molecule has 1 amide bonds. The molecule has 2 rings (SSSR count). The molecule has 1 N–H and O–H groups in total. The van der Waals surface area contributed by atoms with E-state index in [0.29, 0.717) is 18.4 Å². The maximum absolute atomic E-state index is 12.0. The summed E-state index contributed by atoms with van der Waals surface area (Å²) in [7, 11) is 2.21. The van der Waals surface area contributed by atoms with E-state index < -0.39 is 0 Å². The second-order valence-corrected chi connectivity index (χ2v) is 7.01. The highest BCUT2D eigenvalue weighted by molar-refractivity contribution is 5.91. The molecule has 3 nitrogen and oxygen atoms in total. The molecular formula is C19H30N2O. The van der Waals surface area contributed by atoms with Crippen molar-refractivity contribution in [3.05, 3.63) is 29.8 Å². The molecule has 0 aromatic heterocycles. The predicted octanol–water partition coefficient (Wildman–Crippen LogP) is 4.44. The summed E-state index contributed by atoms with van der Waals surface area (Å²) in [6.07, 6.45) is 7.26. The summed E-state index contributed by atoms with van der Waals surface area (Å²) in [5.74, 6) is 0.500. The Morgan fingerprint density at radius 3 is 2.59 bits per heavy atom. The first kappa shape index (κ1) is 17.0. The van der Waals surface area contributed by atoms with Crippen LogP contribution in [-0.4, -0.2) is 23.9 Å². The van der Waals surface area contributed by atoms with Crippen molar-refractivity contribution in [1.29, 1.82) is 0 Å². The number of nitrogens with one attached hydrogen (secondary N) is 1. The molecule has 1 aromatic carbocycles. The van der Waals surface area contributed by atoms with Gasteiger partial charge in [-0.1, -0.05) is 51.3 Å². The zero-order valence-electron chi connectivity index (χ0n) is 14.3. The van der Waals surface area contributed by atoms with E-state index in [-0.39, 0.29) is 5.91 Å². The quantitative estimate of drug-likeness (QED) is 0.842. The van der Waals surface area contributed by atoms with Gasteiger partial charge in [0, 0.05) is 24.7 Å². The van der Waals surface area contributed by atoms with Crippen LogP contribution >= 0.6 is 0 Å². The molecule has 0 unspecified atom stereocenters. The van der Waals surface area contributed by atoms with Gasteiger partial charge >= 0.3 is 0 Å². The number of benzene rings is 1. The summed E-state index contributed by atoms with van der Waals surface area (Å²) < 4.78 is 0. The van der Waals surface area contributed by atoms with E-state index in [1.165, 1.54) is 37.7 Å². The van der Waals surface area contributed by atoms with Gasteiger partial charge in [0.1, 0.15) is 0 Å². The van der Waals surface area contributed by atoms with Gasteiger partial charge in [-0.2, -0.15) is 0 Å². The molecule has 1 aromatic rings. The van der Waals surface area contributed by atoms with Gasteiger partial charge in [-0.05, 0) is 37.4 Å². The summed E-state index contributed by atoms with van der Waals surface area (Å²) in [5, 5.41) is 3.08. The Bertz CT molecular complexity index is 478. The van der Waals surface area contributed by atoms with Crippen LogP contribution < -0.4 is 5.32 Å². The Kier molecular flexibility index (Phi) is 6.44. The molecule has 3 heteroatoms. The summed E-state index contributed by atoms with van der Waals surface area (Å²) in [6.45, 7) is 5.05. The number of hydrogen-bond acceptors (Lipinski definition) is 2. The molecule has 0 spiro atoms. The largest absolute Gasteiger partial charge is 0.326 e. The van der Waals surface area contributed by atoms with E-state index in [9.17, 15) is 4.79 Å². The number of rotatable bonds is 6. The van der Waals surface area contributed by atoms with Crippen molar-refractivity contribution in [3.63, 3.8) is 0 Å². The molecule has 0 atom stereocenters. The van der Waals surface area contributed by atoms with E-state index in [4.69, 9.17) is 0 Å². The van der Waals surface area contributed by atoms with E-state index in [2.05, 4.69) is 43.2 Å². The summed E-state index contributed by atoms with van der Waals surface area (Å²) in [4.78, 5) is 14.5. The van der Waals surface area contributed by atoms with Crippen molar-refractivity contribution < 1.29 is 4.79 Å². The van der Waals surface area contributed by atoms with Crippen LogP contribution in [0.4, 0.5) is 5.69 Å². The minimum Gasteiger partial charge on any atom is -0.326 e. The Hall–Kier alpha value is -1.35. The molecule has 1 aliphatic rings. The third-order valence-corrected chi connectivity index (χ3v) is 4.50. The van der Waals surface area contributed by atoms with Crippen LogP contribution in [0.25, 0.3) is 0 Å². The molecule has 22 heavy (non-hydrogen) atoms. The number of nitrogens with zero attached hydrogens (tertiary/aromatic N) is 1. The van der Waals surface area contributed by atoms with Crippen LogP contribution in [0.2, 0.25) is 0 Å². The minimum absolute atomic E-state index is 0.114. The van der Waals surface area contributed by atoms with E-state index >= 15 is 0 Å². The Labute approximate surface area is 135 Å². The number of amides is 1. The monoisotopic (exact) mass is 302 g/mol. The van der Waals surface area contributed by atoms with Crippen molar-refractivity contribution in [2.75, 3.05) is 12.4 Å². The van der Waals surface area contributed by atoms with Crippen LogP contribution in [-0.2, 0) is 11.3 Å². The Morgan fingerprint density at radius 2 is 1.91 bits per heavy atom. The second-order valence-electron chi connectivity index (χ2n) is 7.01. The lowest BCUT2D eigenvalue weighted by molar-refractivity contribution is -0.116. The molecular weight excluding hydrogens is 272 g/mol. The van der Waals surface area contributed by atoms with Gasteiger partial charge < -0.3 is 5.32 Å². The van der Waals surface area contributed by atoms with Crippen LogP contribution in [0.3, 0.4) is 0 Å².